The summed E-state index contributed by atoms with van der Waals surface area (Å²) in [6.45, 7) is 2.17. The molecule has 2 N–H and O–H groups in total. The van der Waals surface area contributed by atoms with E-state index < -0.39 is 22.3 Å². The van der Waals surface area contributed by atoms with Crippen molar-refractivity contribution in [3.8, 4) is 0 Å². The molecule has 0 radical (unpaired) electrons. The van der Waals surface area contributed by atoms with E-state index in [9.17, 15) is 34.7 Å². The molecular weight excluding hydrogens is 564 g/mol. The van der Waals surface area contributed by atoms with Gasteiger partial charge in [-0.1, -0.05) is 49.4 Å². The molecule has 11 nitrogen and oxygen atoms in total. The minimum absolute atomic E-state index is 0.0315. The highest BCUT2D eigenvalue weighted by Crippen LogP contribution is 2.47. The van der Waals surface area contributed by atoms with E-state index in [0.29, 0.717) is 29.2 Å². The van der Waals surface area contributed by atoms with Crippen LogP contribution in [-0.2, 0) is 26.5 Å². The van der Waals surface area contributed by atoms with Crippen molar-refractivity contribution in [3.05, 3.63) is 106 Å². The Balaban J connectivity index is 1.39. The van der Waals surface area contributed by atoms with Gasteiger partial charge < -0.3 is 20.0 Å². The van der Waals surface area contributed by atoms with Gasteiger partial charge in [0.1, 0.15) is 0 Å². The highest BCUT2D eigenvalue weighted by atomic mass is 16.6. The number of carbonyl (C=O) groups excluding carboxylic acids is 3. The number of nitrogens with zero attached hydrogens (tertiary/aromatic N) is 4. The minimum Gasteiger partial charge on any atom is -0.394 e. The Labute approximate surface area is 254 Å². The van der Waals surface area contributed by atoms with Crippen LogP contribution in [0.25, 0.3) is 0 Å². The number of benzene rings is 3. The largest absolute Gasteiger partial charge is 0.394 e. The zero-order valence-corrected chi connectivity index (χ0v) is 24.3. The number of non-ortho nitro benzene ring substituents is 1. The van der Waals surface area contributed by atoms with Gasteiger partial charge in [0.05, 0.1) is 29.8 Å². The second kappa shape index (κ2) is 12.8. The highest BCUT2D eigenvalue weighted by molar-refractivity contribution is 6.07. The lowest BCUT2D eigenvalue weighted by Crippen LogP contribution is -2.44. The Morgan fingerprint density at radius 3 is 2.50 bits per heavy atom. The SMILES string of the molecule is C[C@H](/C=C/CC(=O)N1CCC[C@H]1CO)[C@@]1(O)C(=O)N(Cc2ccc(N(C=O)c3ccccc3)cc2)c2ccc([N+](=O)[O-])cc21. The molecule has 0 bridgehead atoms. The van der Waals surface area contributed by atoms with Crippen LogP contribution in [0, 0.1) is 16.0 Å². The molecule has 2 aliphatic rings. The third-order valence-corrected chi connectivity index (χ3v) is 8.44. The van der Waals surface area contributed by atoms with Gasteiger partial charge in [0.2, 0.25) is 12.3 Å². The van der Waals surface area contributed by atoms with Gasteiger partial charge in [0.25, 0.3) is 11.6 Å². The number of likely N-dealkylation sites (tertiary alicyclic amines) is 1. The molecule has 2 aliphatic heterocycles. The van der Waals surface area contributed by atoms with Gasteiger partial charge in [0.15, 0.2) is 5.60 Å². The molecule has 3 amide bonds. The molecule has 3 atom stereocenters. The second-order valence-corrected chi connectivity index (χ2v) is 11.1. The molecular formula is C33H34N4O7. The summed E-state index contributed by atoms with van der Waals surface area (Å²) < 4.78 is 0. The van der Waals surface area contributed by atoms with Crippen molar-refractivity contribution in [2.24, 2.45) is 5.92 Å². The molecule has 0 spiro atoms. The number of para-hydroxylation sites is 1. The van der Waals surface area contributed by atoms with E-state index in [1.165, 1.54) is 28.0 Å². The second-order valence-electron chi connectivity index (χ2n) is 11.1. The van der Waals surface area contributed by atoms with Gasteiger partial charge >= 0.3 is 0 Å². The van der Waals surface area contributed by atoms with Crippen molar-refractivity contribution in [1.82, 2.24) is 4.90 Å². The highest BCUT2D eigenvalue weighted by Gasteiger charge is 2.53. The standard InChI is InChI=1S/C33H34N4O7/c1-23(7-5-11-31(40)34-18-6-10-28(34)21-38)33(42)29-19-27(37(43)44)16-17-30(29)35(32(33)41)20-24-12-14-26(15-13-24)36(22-39)25-8-3-2-4-9-25/h2-5,7-9,12-17,19,22-23,28,38,42H,6,10-11,18,20-21H2,1H3/b7-5+/t23-,28+,33+/m1/s1. The van der Waals surface area contributed by atoms with E-state index in [1.807, 2.05) is 30.3 Å². The maximum atomic E-state index is 13.9. The number of aliphatic hydroxyl groups excluding tert-OH is 1. The van der Waals surface area contributed by atoms with Crippen molar-refractivity contribution >= 4 is 41.0 Å². The van der Waals surface area contributed by atoms with Crippen LogP contribution in [0.15, 0.2) is 84.9 Å². The summed E-state index contributed by atoms with van der Waals surface area (Å²) in [5.41, 5.74) is 0.145. The molecule has 1 saturated heterocycles. The summed E-state index contributed by atoms with van der Waals surface area (Å²) in [6.07, 6.45) is 5.49. The monoisotopic (exact) mass is 598 g/mol. The molecule has 0 aliphatic carbocycles. The summed E-state index contributed by atoms with van der Waals surface area (Å²) >= 11 is 0. The van der Waals surface area contributed by atoms with Gasteiger partial charge in [-0.25, -0.2) is 0 Å². The number of rotatable bonds is 11. The first-order chi connectivity index (χ1) is 21.2. The van der Waals surface area contributed by atoms with E-state index >= 15 is 0 Å². The quantitative estimate of drug-likeness (QED) is 0.146. The zero-order chi connectivity index (χ0) is 31.4. The number of nitro benzene ring substituents is 1. The van der Waals surface area contributed by atoms with Crippen LogP contribution in [0.2, 0.25) is 0 Å². The molecule has 3 aromatic carbocycles. The zero-order valence-electron chi connectivity index (χ0n) is 24.3. The normalized spacial score (nSPS) is 20.2. The Hall–Kier alpha value is -4.87. The summed E-state index contributed by atoms with van der Waals surface area (Å²) in [6, 6.07) is 20.0. The fraction of sp³-hybridized carbons (Fsp3) is 0.303. The number of carbonyl (C=O) groups is 3. The van der Waals surface area contributed by atoms with Crippen LogP contribution >= 0.6 is 0 Å². The van der Waals surface area contributed by atoms with E-state index in [2.05, 4.69) is 0 Å². The third kappa shape index (κ3) is 5.71. The average molecular weight is 599 g/mol. The van der Waals surface area contributed by atoms with Crippen molar-refractivity contribution in [1.29, 1.82) is 0 Å². The molecule has 0 saturated carbocycles. The molecule has 1 fully saturated rings. The van der Waals surface area contributed by atoms with Crippen LogP contribution in [-0.4, -0.2) is 57.5 Å². The fourth-order valence-corrected chi connectivity index (χ4v) is 5.99. The van der Waals surface area contributed by atoms with E-state index in [-0.39, 0.29) is 42.8 Å². The van der Waals surface area contributed by atoms with E-state index in [4.69, 9.17) is 0 Å². The summed E-state index contributed by atoms with van der Waals surface area (Å²) in [5, 5.41) is 33.1. The first kappa shape index (κ1) is 30.6. The first-order valence-electron chi connectivity index (χ1n) is 14.5. The minimum atomic E-state index is -2.11. The Morgan fingerprint density at radius 1 is 1.14 bits per heavy atom. The van der Waals surface area contributed by atoms with Gasteiger partial charge in [-0.2, -0.15) is 0 Å². The molecule has 2 heterocycles. The van der Waals surface area contributed by atoms with Crippen molar-refractivity contribution < 1.29 is 29.5 Å². The summed E-state index contributed by atoms with van der Waals surface area (Å²) in [7, 11) is 0. The van der Waals surface area contributed by atoms with Crippen LogP contribution in [0.1, 0.15) is 37.3 Å². The lowest BCUT2D eigenvalue weighted by Gasteiger charge is -2.28. The topological polar surface area (TPSA) is 145 Å². The molecule has 228 valence electrons. The Bertz CT molecular complexity index is 1580. The molecule has 44 heavy (non-hydrogen) atoms. The number of hydrogen-bond acceptors (Lipinski definition) is 7. The lowest BCUT2D eigenvalue weighted by molar-refractivity contribution is -0.385. The first-order valence-corrected chi connectivity index (χ1v) is 14.5. The van der Waals surface area contributed by atoms with Crippen molar-refractivity contribution in [2.75, 3.05) is 23.0 Å². The Kier molecular flexibility index (Phi) is 8.88. The van der Waals surface area contributed by atoms with Crippen molar-refractivity contribution in [3.63, 3.8) is 0 Å². The van der Waals surface area contributed by atoms with Gasteiger partial charge in [-0.15, -0.1) is 0 Å². The maximum absolute atomic E-state index is 13.9. The smallest absolute Gasteiger partial charge is 0.269 e. The number of fused-ring (bicyclic) bond motifs is 1. The predicted molar refractivity (Wildman–Crippen MR) is 164 cm³/mol. The lowest BCUT2D eigenvalue weighted by atomic mass is 9.82. The third-order valence-electron chi connectivity index (χ3n) is 8.44. The van der Waals surface area contributed by atoms with E-state index in [1.54, 1.807) is 48.2 Å². The molecule has 0 unspecified atom stereocenters. The maximum Gasteiger partial charge on any atom is 0.269 e. The van der Waals surface area contributed by atoms with Crippen LogP contribution in [0.4, 0.5) is 22.7 Å². The van der Waals surface area contributed by atoms with Gasteiger partial charge in [-0.3, -0.25) is 29.4 Å². The number of aliphatic hydroxyl groups is 2. The number of nitro groups is 1. The predicted octanol–water partition coefficient (Wildman–Crippen LogP) is 4.19. The molecule has 5 rings (SSSR count). The van der Waals surface area contributed by atoms with Gasteiger partial charge in [0, 0.05) is 48.0 Å². The van der Waals surface area contributed by atoms with Crippen molar-refractivity contribution in [2.45, 2.75) is 44.4 Å². The van der Waals surface area contributed by atoms with Crippen LogP contribution < -0.4 is 9.80 Å². The van der Waals surface area contributed by atoms with Gasteiger partial charge in [-0.05, 0) is 48.7 Å². The Morgan fingerprint density at radius 2 is 1.84 bits per heavy atom. The fourth-order valence-electron chi connectivity index (χ4n) is 5.99. The number of anilines is 3. The molecule has 11 heteroatoms. The average Bonchev–Trinajstić information content (AvgIpc) is 3.60. The van der Waals surface area contributed by atoms with Crippen LogP contribution in [0.3, 0.4) is 0 Å². The number of hydrogen-bond donors (Lipinski definition) is 2. The summed E-state index contributed by atoms with van der Waals surface area (Å²) in [4.78, 5) is 54.0. The van der Waals surface area contributed by atoms with E-state index in [0.717, 1.165) is 19.3 Å². The summed E-state index contributed by atoms with van der Waals surface area (Å²) in [5.74, 6) is -1.62. The molecule has 3 aromatic rings. The van der Waals surface area contributed by atoms with Crippen LogP contribution in [0.5, 0.6) is 0 Å². The number of amides is 3. The molecule has 0 aromatic heterocycles.